The lowest BCUT2D eigenvalue weighted by Gasteiger charge is -2.31. The smallest absolute Gasteiger partial charge is 0.258 e. The van der Waals surface area contributed by atoms with Crippen LogP contribution in [-0.4, -0.2) is 42.1 Å². The van der Waals surface area contributed by atoms with E-state index in [1.54, 1.807) is 46.8 Å². The highest BCUT2D eigenvalue weighted by Crippen LogP contribution is 2.34. The van der Waals surface area contributed by atoms with Gasteiger partial charge in [0.05, 0.1) is 18.1 Å². The van der Waals surface area contributed by atoms with Gasteiger partial charge in [-0.1, -0.05) is 17.7 Å². The maximum Gasteiger partial charge on any atom is 0.258 e. The Labute approximate surface area is 198 Å². The van der Waals surface area contributed by atoms with Crippen LogP contribution in [0.1, 0.15) is 41.6 Å². The van der Waals surface area contributed by atoms with Crippen molar-refractivity contribution in [3.8, 4) is 6.07 Å². The molecule has 0 atom stereocenters. The molecule has 0 radical (unpaired) electrons. The molecule has 1 aliphatic heterocycles. The van der Waals surface area contributed by atoms with Gasteiger partial charge in [0, 0.05) is 41.3 Å². The molecule has 1 aliphatic rings. The molecule has 1 aromatic heterocycles. The lowest BCUT2D eigenvalue weighted by atomic mass is 9.87. The number of carbonyl (C=O) groups is 1. The molecule has 2 aromatic carbocycles. The normalized spacial score (nSPS) is 14.8. The molecule has 0 aliphatic carbocycles. The first-order valence-electron chi connectivity index (χ1n) is 11.2. The maximum atomic E-state index is 13.1. The largest absolute Gasteiger partial charge is 0.311 e. The van der Waals surface area contributed by atoms with E-state index in [1.807, 2.05) is 25.1 Å². The molecule has 33 heavy (non-hydrogen) atoms. The van der Waals surface area contributed by atoms with Crippen LogP contribution in [0.3, 0.4) is 0 Å². The molecule has 2 heterocycles. The van der Waals surface area contributed by atoms with Crippen molar-refractivity contribution < 1.29 is 4.79 Å². The molecule has 1 saturated heterocycles. The first kappa shape index (κ1) is 23.0. The predicted molar refractivity (Wildman–Crippen MR) is 132 cm³/mol. The van der Waals surface area contributed by atoms with Crippen molar-refractivity contribution in [2.24, 2.45) is 0 Å². The number of benzene rings is 2. The monoisotopic (exact) mass is 462 g/mol. The third-order valence-electron chi connectivity index (χ3n) is 6.53. The third kappa shape index (κ3) is 4.66. The Bertz CT molecular complexity index is 1290. The van der Waals surface area contributed by atoms with Crippen LogP contribution in [0, 0.1) is 11.3 Å². The SMILES string of the molecule is CCn1c(=O)cc(C2CCN(CC#N)CC2)c2cc(N(C)C(=O)c3cccc(Cl)c3)ccc21. The third-order valence-corrected chi connectivity index (χ3v) is 6.76. The van der Waals surface area contributed by atoms with Gasteiger partial charge in [-0.3, -0.25) is 14.5 Å². The summed E-state index contributed by atoms with van der Waals surface area (Å²) in [5.74, 6) is 0.0952. The summed E-state index contributed by atoms with van der Waals surface area (Å²) < 4.78 is 1.77. The Morgan fingerprint density at radius 2 is 1.94 bits per heavy atom. The Balaban J connectivity index is 1.74. The highest BCUT2D eigenvalue weighted by atomic mass is 35.5. The van der Waals surface area contributed by atoms with E-state index >= 15 is 0 Å². The van der Waals surface area contributed by atoms with Crippen LogP contribution < -0.4 is 10.5 Å². The number of hydrogen-bond acceptors (Lipinski definition) is 4. The molecule has 0 bridgehead atoms. The highest BCUT2D eigenvalue weighted by Gasteiger charge is 2.24. The molecule has 0 unspecified atom stereocenters. The van der Waals surface area contributed by atoms with Crippen molar-refractivity contribution in [1.29, 1.82) is 5.26 Å². The van der Waals surface area contributed by atoms with Gasteiger partial charge in [-0.2, -0.15) is 5.26 Å². The van der Waals surface area contributed by atoms with Gasteiger partial charge in [-0.15, -0.1) is 0 Å². The number of likely N-dealkylation sites (tertiary alicyclic amines) is 1. The average molecular weight is 463 g/mol. The number of fused-ring (bicyclic) bond motifs is 1. The Morgan fingerprint density at radius 1 is 1.18 bits per heavy atom. The molecule has 1 amide bonds. The van der Waals surface area contributed by atoms with Crippen molar-refractivity contribution in [3.63, 3.8) is 0 Å². The van der Waals surface area contributed by atoms with Crippen molar-refractivity contribution in [1.82, 2.24) is 9.47 Å². The topological polar surface area (TPSA) is 69.3 Å². The van der Waals surface area contributed by atoms with Gasteiger partial charge in [-0.25, -0.2) is 0 Å². The predicted octanol–water partition coefficient (Wildman–Crippen LogP) is 4.65. The zero-order chi connectivity index (χ0) is 23.5. The molecule has 3 aromatic rings. The van der Waals surface area contributed by atoms with Gasteiger partial charge in [0.2, 0.25) is 0 Å². The first-order valence-corrected chi connectivity index (χ1v) is 11.6. The average Bonchev–Trinajstić information content (AvgIpc) is 2.83. The molecule has 170 valence electrons. The van der Waals surface area contributed by atoms with Crippen LogP contribution in [0.25, 0.3) is 10.9 Å². The maximum absolute atomic E-state index is 13.1. The number of hydrogen-bond donors (Lipinski definition) is 0. The van der Waals surface area contributed by atoms with Gasteiger partial charge in [0.25, 0.3) is 11.5 Å². The van der Waals surface area contributed by atoms with Gasteiger partial charge >= 0.3 is 0 Å². The number of amides is 1. The van der Waals surface area contributed by atoms with Crippen LogP contribution in [-0.2, 0) is 6.54 Å². The minimum absolute atomic E-state index is 0.00411. The van der Waals surface area contributed by atoms with Crippen LogP contribution in [0.15, 0.2) is 53.3 Å². The Kier molecular flexibility index (Phi) is 6.83. The molecule has 6 nitrogen and oxygen atoms in total. The highest BCUT2D eigenvalue weighted by molar-refractivity contribution is 6.31. The first-order chi connectivity index (χ1) is 15.9. The van der Waals surface area contributed by atoms with E-state index in [9.17, 15) is 9.59 Å². The summed E-state index contributed by atoms with van der Waals surface area (Å²) in [5.41, 5.74) is 3.19. The number of carbonyl (C=O) groups excluding carboxylic acids is 1. The number of piperidine rings is 1. The number of nitrogens with zero attached hydrogens (tertiary/aromatic N) is 4. The summed E-state index contributed by atoms with van der Waals surface area (Å²) in [5, 5.41) is 10.5. The number of rotatable bonds is 5. The van der Waals surface area contributed by atoms with Crippen LogP contribution in [0.5, 0.6) is 0 Å². The van der Waals surface area contributed by atoms with Gasteiger partial charge in [0.1, 0.15) is 0 Å². The fourth-order valence-electron chi connectivity index (χ4n) is 4.71. The van der Waals surface area contributed by atoms with Crippen molar-refractivity contribution in [2.75, 3.05) is 31.6 Å². The molecular formula is C26H27ClN4O2. The number of anilines is 1. The molecule has 4 rings (SSSR count). The summed E-state index contributed by atoms with van der Waals surface area (Å²) in [7, 11) is 1.75. The summed E-state index contributed by atoms with van der Waals surface area (Å²) in [6, 6.07) is 16.7. The van der Waals surface area contributed by atoms with Crippen LogP contribution >= 0.6 is 11.6 Å². The van der Waals surface area contributed by atoms with Crippen molar-refractivity contribution in [3.05, 3.63) is 75.0 Å². The van der Waals surface area contributed by atoms with E-state index in [4.69, 9.17) is 16.9 Å². The van der Waals surface area contributed by atoms with E-state index in [2.05, 4.69) is 11.0 Å². The number of aromatic nitrogens is 1. The molecule has 0 N–H and O–H groups in total. The van der Waals surface area contributed by atoms with E-state index in [0.717, 1.165) is 48.1 Å². The number of nitriles is 1. The van der Waals surface area contributed by atoms with Crippen molar-refractivity contribution >= 4 is 34.1 Å². The Hall–Kier alpha value is -3.14. The summed E-state index contributed by atoms with van der Waals surface area (Å²) >= 11 is 6.08. The van der Waals surface area contributed by atoms with Gasteiger partial charge in [0.15, 0.2) is 0 Å². The zero-order valence-corrected chi connectivity index (χ0v) is 19.7. The second-order valence-corrected chi connectivity index (χ2v) is 8.90. The minimum Gasteiger partial charge on any atom is -0.311 e. The lowest BCUT2D eigenvalue weighted by Crippen LogP contribution is -2.33. The molecule has 7 heteroatoms. The molecule has 0 spiro atoms. The Morgan fingerprint density at radius 3 is 2.61 bits per heavy atom. The molecular weight excluding hydrogens is 436 g/mol. The van der Waals surface area contributed by atoms with E-state index in [-0.39, 0.29) is 17.4 Å². The van der Waals surface area contributed by atoms with Gasteiger partial charge < -0.3 is 9.47 Å². The van der Waals surface area contributed by atoms with Crippen LogP contribution in [0.4, 0.5) is 5.69 Å². The van der Waals surface area contributed by atoms with Gasteiger partial charge in [-0.05, 0) is 80.7 Å². The summed E-state index contributed by atoms with van der Waals surface area (Å²) in [6.07, 6.45) is 1.79. The molecule has 1 fully saturated rings. The van der Waals surface area contributed by atoms with E-state index in [1.165, 1.54) is 0 Å². The fourth-order valence-corrected chi connectivity index (χ4v) is 4.90. The van der Waals surface area contributed by atoms with Crippen LogP contribution in [0.2, 0.25) is 5.02 Å². The second-order valence-electron chi connectivity index (χ2n) is 8.47. The van der Waals surface area contributed by atoms with E-state index < -0.39 is 0 Å². The second kappa shape index (κ2) is 9.78. The van der Waals surface area contributed by atoms with E-state index in [0.29, 0.717) is 23.7 Å². The summed E-state index contributed by atoms with van der Waals surface area (Å²) in [6.45, 7) is 4.65. The fraction of sp³-hybridized carbons (Fsp3) is 0.346. The number of aryl methyl sites for hydroxylation is 1. The standard InChI is InChI=1S/C26H27ClN4O2/c1-3-31-24-8-7-21(29(2)26(33)19-5-4-6-20(27)15-19)16-23(24)22(17-25(31)32)18-9-12-30(13-10-18)14-11-28/h4-8,15-18H,3,9-10,12-14H2,1-2H3. The van der Waals surface area contributed by atoms with Crippen molar-refractivity contribution in [2.45, 2.75) is 32.2 Å². The number of halogens is 1. The lowest BCUT2D eigenvalue weighted by molar-refractivity contribution is 0.0993. The minimum atomic E-state index is -0.146. The zero-order valence-electron chi connectivity index (χ0n) is 18.9. The summed E-state index contributed by atoms with van der Waals surface area (Å²) in [4.78, 5) is 29.7. The number of pyridine rings is 1. The quantitative estimate of drug-likeness (QED) is 0.517. The molecule has 0 saturated carbocycles.